The molecule has 1 aromatic heterocycles. The first-order chi connectivity index (χ1) is 10.8. The zero-order chi connectivity index (χ0) is 17.2. The van der Waals surface area contributed by atoms with Crippen LogP contribution < -0.4 is 5.32 Å². The number of aromatic carboxylic acids is 1. The molecule has 0 saturated carbocycles. The first kappa shape index (κ1) is 17.3. The number of nitrogens with one attached hydrogen (secondary N) is 1. The molecule has 1 amide bonds. The summed E-state index contributed by atoms with van der Waals surface area (Å²) in [6, 6.07) is 8.86. The van der Waals surface area contributed by atoms with Crippen molar-refractivity contribution in [2.75, 3.05) is 0 Å². The zero-order valence-electron chi connectivity index (χ0n) is 13.1. The Morgan fingerprint density at radius 1 is 1.30 bits per heavy atom. The quantitative estimate of drug-likeness (QED) is 0.823. The molecule has 0 spiro atoms. The Morgan fingerprint density at radius 2 is 1.96 bits per heavy atom. The number of aryl methyl sites for hydroxylation is 1. The van der Waals surface area contributed by atoms with Crippen LogP contribution in [0.25, 0.3) is 0 Å². The topological polar surface area (TPSA) is 79.5 Å². The summed E-state index contributed by atoms with van der Waals surface area (Å²) in [6.07, 6.45) is 0.405. The van der Waals surface area contributed by atoms with Crippen LogP contribution in [0.15, 0.2) is 39.2 Å². The van der Waals surface area contributed by atoms with Crippen molar-refractivity contribution in [3.8, 4) is 0 Å². The number of carboxylic acids is 1. The van der Waals surface area contributed by atoms with E-state index in [2.05, 4.69) is 21.2 Å². The maximum atomic E-state index is 12.4. The summed E-state index contributed by atoms with van der Waals surface area (Å²) in [5.41, 5.74) is 0.283. The smallest absolute Gasteiger partial charge is 0.339 e. The summed E-state index contributed by atoms with van der Waals surface area (Å²) in [5, 5.41) is 12.0. The van der Waals surface area contributed by atoms with Crippen LogP contribution in [0.4, 0.5) is 0 Å². The molecule has 2 aromatic rings. The van der Waals surface area contributed by atoms with E-state index in [1.54, 1.807) is 6.92 Å². The summed E-state index contributed by atoms with van der Waals surface area (Å²) in [4.78, 5) is 23.6. The third-order valence-electron chi connectivity index (χ3n) is 3.56. The first-order valence-electron chi connectivity index (χ1n) is 7.19. The average Bonchev–Trinajstić information content (AvgIpc) is 2.91. The lowest BCUT2D eigenvalue weighted by Crippen LogP contribution is -2.41. The maximum absolute atomic E-state index is 12.4. The van der Waals surface area contributed by atoms with Crippen molar-refractivity contribution in [2.45, 2.75) is 32.7 Å². The van der Waals surface area contributed by atoms with E-state index >= 15 is 0 Å². The molecule has 0 bridgehead atoms. The predicted molar refractivity (Wildman–Crippen MR) is 89.7 cm³/mol. The SMILES string of the molecule is CCc1oc(C(=O)NC(C)(C)c2ccccc2Br)cc1C(=O)O. The minimum absolute atomic E-state index is 0.000575. The van der Waals surface area contributed by atoms with E-state index in [0.717, 1.165) is 10.0 Å². The molecule has 23 heavy (non-hydrogen) atoms. The van der Waals surface area contributed by atoms with Crippen molar-refractivity contribution < 1.29 is 19.1 Å². The molecule has 0 unspecified atom stereocenters. The van der Waals surface area contributed by atoms with Gasteiger partial charge in [0.15, 0.2) is 5.76 Å². The van der Waals surface area contributed by atoms with Crippen LogP contribution >= 0.6 is 15.9 Å². The van der Waals surface area contributed by atoms with E-state index in [0.29, 0.717) is 12.2 Å². The number of amides is 1. The fraction of sp³-hybridized carbons (Fsp3) is 0.294. The van der Waals surface area contributed by atoms with Gasteiger partial charge in [-0.1, -0.05) is 41.1 Å². The summed E-state index contributed by atoms with van der Waals surface area (Å²) in [5.74, 6) is -1.26. The molecule has 0 atom stereocenters. The maximum Gasteiger partial charge on any atom is 0.339 e. The fourth-order valence-electron chi connectivity index (χ4n) is 2.37. The number of benzene rings is 1. The highest BCUT2D eigenvalue weighted by Gasteiger charge is 2.28. The fourth-order valence-corrected chi connectivity index (χ4v) is 3.15. The van der Waals surface area contributed by atoms with E-state index < -0.39 is 17.4 Å². The monoisotopic (exact) mass is 379 g/mol. The number of carbonyl (C=O) groups is 2. The van der Waals surface area contributed by atoms with Crippen LogP contribution in [-0.2, 0) is 12.0 Å². The Bertz CT molecular complexity index is 749. The molecule has 122 valence electrons. The van der Waals surface area contributed by atoms with Gasteiger partial charge in [0.05, 0.1) is 5.54 Å². The summed E-state index contributed by atoms with van der Waals surface area (Å²) in [7, 11) is 0. The first-order valence-corrected chi connectivity index (χ1v) is 7.99. The molecular formula is C17H18BrNO4. The lowest BCUT2D eigenvalue weighted by Gasteiger charge is -2.27. The summed E-state index contributed by atoms with van der Waals surface area (Å²) in [6.45, 7) is 5.51. The highest BCUT2D eigenvalue weighted by molar-refractivity contribution is 9.10. The van der Waals surface area contributed by atoms with E-state index in [1.807, 2.05) is 38.1 Å². The third-order valence-corrected chi connectivity index (χ3v) is 4.25. The van der Waals surface area contributed by atoms with Crippen molar-refractivity contribution in [1.29, 1.82) is 0 Å². The van der Waals surface area contributed by atoms with Gasteiger partial charge in [-0.3, -0.25) is 4.79 Å². The van der Waals surface area contributed by atoms with Crippen molar-refractivity contribution in [3.63, 3.8) is 0 Å². The zero-order valence-corrected chi connectivity index (χ0v) is 14.7. The van der Waals surface area contributed by atoms with Crippen LogP contribution in [0.3, 0.4) is 0 Å². The molecule has 0 aliphatic rings. The van der Waals surface area contributed by atoms with Gasteiger partial charge < -0.3 is 14.8 Å². The molecule has 1 aromatic carbocycles. The summed E-state index contributed by atoms with van der Waals surface area (Å²) >= 11 is 3.47. The molecular weight excluding hydrogens is 362 g/mol. The number of carbonyl (C=O) groups excluding carboxylic acids is 1. The standard InChI is InChI=1S/C17H18BrNO4/c1-4-13-10(16(21)22)9-14(23-13)15(20)19-17(2,3)11-7-5-6-8-12(11)18/h5-9H,4H2,1-3H3,(H,19,20)(H,21,22). The molecule has 6 heteroatoms. The molecule has 2 rings (SSSR count). The van der Waals surface area contributed by atoms with Crippen LogP contribution in [0.5, 0.6) is 0 Å². The lowest BCUT2D eigenvalue weighted by molar-refractivity contribution is 0.0694. The van der Waals surface area contributed by atoms with Crippen LogP contribution in [0, 0.1) is 0 Å². The average molecular weight is 380 g/mol. The number of halogens is 1. The normalized spacial score (nSPS) is 11.3. The number of hydrogen-bond donors (Lipinski definition) is 2. The highest BCUT2D eigenvalue weighted by atomic mass is 79.9. The molecule has 0 saturated heterocycles. The van der Waals surface area contributed by atoms with Crippen molar-refractivity contribution in [2.24, 2.45) is 0 Å². The number of hydrogen-bond acceptors (Lipinski definition) is 3. The van der Waals surface area contributed by atoms with Crippen molar-refractivity contribution in [3.05, 3.63) is 57.5 Å². The van der Waals surface area contributed by atoms with Gasteiger partial charge in [-0.25, -0.2) is 4.79 Å². The van der Waals surface area contributed by atoms with Gasteiger partial charge >= 0.3 is 5.97 Å². The second-order valence-corrected chi connectivity index (χ2v) is 6.52. The molecule has 0 fully saturated rings. The van der Waals surface area contributed by atoms with Crippen LogP contribution in [0.1, 0.15) is 53.0 Å². The molecule has 1 heterocycles. The van der Waals surface area contributed by atoms with Gasteiger partial charge in [0.1, 0.15) is 11.3 Å². The van der Waals surface area contributed by atoms with Gasteiger partial charge in [0.2, 0.25) is 0 Å². The second kappa shape index (κ2) is 6.58. The van der Waals surface area contributed by atoms with Gasteiger partial charge in [0, 0.05) is 17.0 Å². The van der Waals surface area contributed by atoms with Crippen molar-refractivity contribution >= 4 is 27.8 Å². The van der Waals surface area contributed by atoms with Gasteiger partial charge in [-0.2, -0.15) is 0 Å². The van der Waals surface area contributed by atoms with E-state index in [4.69, 9.17) is 9.52 Å². The molecule has 0 aliphatic carbocycles. The van der Waals surface area contributed by atoms with E-state index in [9.17, 15) is 9.59 Å². The number of furan rings is 1. The number of rotatable bonds is 5. The van der Waals surface area contributed by atoms with Gasteiger partial charge in [-0.15, -0.1) is 0 Å². The number of carboxylic acid groups (broad SMARTS) is 1. The highest BCUT2D eigenvalue weighted by Crippen LogP contribution is 2.28. The van der Waals surface area contributed by atoms with Crippen molar-refractivity contribution in [1.82, 2.24) is 5.32 Å². The van der Waals surface area contributed by atoms with Gasteiger partial charge in [-0.05, 0) is 25.5 Å². The lowest BCUT2D eigenvalue weighted by atomic mass is 9.94. The third kappa shape index (κ3) is 3.64. The molecule has 2 N–H and O–H groups in total. The van der Waals surface area contributed by atoms with E-state index in [1.165, 1.54) is 6.07 Å². The minimum atomic E-state index is -1.10. The van der Waals surface area contributed by atoms with Crippen LogP contribution in [0.2, 0.25) is 0 Å². The Labute approximate surface area is 142 Å². The Morgan fingerprint density at radius 3 is 2.48 bits per heavy atom. The Kier molecular flexibility index (Phi) is 4.94. The minimum Gasteiger partial charge on any atom is -0.478 e. The summed E-state index contributed by atoms with van der Waals surface area (Å²) < 4.78 is 6.27. The van der Waals surface area contributed by atoms with Crippen LogP contribution in [-0.4, -0.2) is 17.0 Å². The molecule has 5 nitrogen and oxygen atoms in total. The Balaban J connectivity index is 2.28. The predicted octanol–water partition coefficient (Wildman–Crippen LogP) is 3.97. The van der Waals surface area contributed by atoms with Gasteiger partial charge in [0.25, 0.3) is 5.91 Å². The molecule has 0 aliphatic heterocycles. The molecule has 0 radical (unpaired) electrons. The second-order valence-electron chi connectivity index (χ2n) is 5.67. The Hall–Kier alpha value is -2.08. The largest absolute Gasteiger partial charge is 0.478 e. The van der Waals surface area contributed by atoms with E-state index in [-0.39, 0.29) is 11.3 Å².